The number of furan rings is 1. The number of aryl methyl sites for hydroxylation is 1. The van der Waals surface area contributed by atoms with Gasteiger partial charge in [0.2, 0.25) is 5.71 Å². The number of benzene rings is 1. The van der Waals surface area contributed by atoms with E-state index in [1.807, 2.05) is 6.07 Å². The Morgan fingerprint density at radius 2 is 2.11 bits per heavy atom. The van der Waals surface area contributed by atoms with Crippen molar-refractivity contribution in [1.29, 1.82) is 0 Å². The van der Waals surface area contributed by atoms with Crippen LogP contribution in [0, 0.1) is 12.7 Å². The van der Waals surface area contributed by atoms with E-state index >= 15 is 0 Å². The van der Waals surface area contributed by atoms with Crippen LogP contribution in [0.15, 0.2) is 41.1 Å². The van der Waals surface area contributed by atoms with Crippen LogP contribution in [0.5, 0.6) is 0 Å². The molecule has 4 heteroatoms. The molecule has 2 aromatic heterocycles. The molecule has 0 radical (unpaired) electrons. The Labute approximate surface area is 103 Å². The van der Waals surface area contributed by atoms with Crippen LogP contribution in [-0.4, -0.2) is 4.98 Å². The molecule has 0 fully saturated rings. The lowest BCUT2D eigenvalue weighted by Gasteiger charge is -2.05. The van der Waals surface area contributed by atoms with Gasteiger partial charge in [-0.25, -0.2) is 9.37 Å². The number of fused-ring (bicyclic) bond motifs is 1. The average molecular weight is 242 g/mol. The van der Waals surface area contributed by atoms with Crippen molar-refractivity contribution in [3.8, 4) is 11.1 Å². The summed E-state index contributed by atoms with van der Waals surface area (Å²) in [4.78, 5) is 4.11. The molecule has 0 bridgehead atoms. The van der Waals surface area contributed by atoms with Gasteiger partial charge in [0.1, 0.15) is 12.1 Å². The van der Waals surface area contributed by atoms with E-state index < -0.39 is 0 Å². The van der Waals surface area contributed by atoms with Gasteiger partial charge in [0.15, 0.2) is 0 Å². The number of nitrogens with zero attached hydrogens (tertiary/aromatic N) is 1. The van der Waals surface area contributed by atoms with Crippen molar-refractivity contribution in [2.24, 2.45) is 0 Å². The van der Waals surface area contributed by atoms with E-state index in [-0.39, 0.29) is 5.82 Å². The lowest BCUT2D eigenvalue weighted by atomic mass is 10.0. The predicted molar refractivity (Wildman–Crippen MR) is 68.6 cm³/mol. The summed E-state index contributed by atoms with van der Waals surface area (Å²) < 4.78 is 18.5. The third-order valence-corrected chi connectivity index (χ3v) is 2.97. The SMILES string of the molecule is Cc1cc(-c2ccnc3occ(N)c23)ccc1F. The molecule has 0 aliphatic carbocycles. The Balaban J connectivity index is 2.30. The summed E-state index contributed by atoms with van der Waals surface area (Å²) in [6, 6.07) is 6.81. The summed E-state index contributed by atoms with van der Waals surface area (Å²) in [6.45, 7) is 1.73. The number of nitrogens with two attached hydrogens (primary N) is 1. The van der Waals surface area contributed by atoms with E-state index in [0.29, 0.717) is 17.0 Å². The molecule has 2 N–H and O–H groups in total. The first-order valence-corrected chi connectivity index (χ1v) is 5.55. The highest BCUT2D eigenvalue weighted by molar-refractivity contribution is 6.00. The summed E-state index contributed by atoms with van der Waals surface area (Å²) in [5.41, 5.74) is 9.30. The first-order valence-electron chi connectivity index (χ1n) is 5.55. The molecule has 0 aliphatic heterocycles. The average Bonchev–Trinajstić information content (AvgIpc) is 2.75. The molecule has 0 unspecified atom stereocenters. The van der Waals surface area contributed by atoms with Crippen LogP contribution in [0.25, 0.3) is 22.2 Å². The molecular weight excluding hydrogens is 231 g/mol. The molecule has 0 aliphatic rings. The van der Waals surface area contributed by atoms with E-state index in [4.69, 9.17) is 10.2 Å². The zero-order valence-corrected chi connectivity index (χ0v) is 9.77. The molecule has 0 saturated heterocycles. The summed E-state index contributed by atoms with van der Waals surface area (Å²) in [6.07, 6.45) is 3.12. The minimum Gasteiger partial charge on any atom is -0.444 e. The lowest BCUT2D eigenvalue weighted by molar-refractivity contribution is 0.604. The van der Waals surface area contributed by atoms with Gasteiger partial charge < -0.3 is 10.2 Å². The molecule has 0 atom stereocenters. The van der Waals surface area contributed by atoms with E-state index in [0.717, 1.165) is 16.5 Å². The van der Waals surface area contributed by atoms with Gasteiger partial charge in [0, 0.05) is 6.20 Å². The standard InChI is InChI=1S/C14H11FN2O/c1-8-6-9(2-3-11(8)15)10-4-5-17-14-13(10)12(16)7-18-14/h2-7H,16H2,1H3. The largest absolute Gasteiger partial charge is 0.444 e. The van der Waals surface area contributed by atoms with E-state index in [9.17, 15) is 4.39 Å². The Hall–Kier alpha value is -2.36. The Kier molecular flexibility index (Phi) is 2.30. The summed E-state index contributed by atoms with van der Waals surface area (Å²) >= 11 is 0. The minimum absolute atomic E-state index is 0.218. The maximum Gasteiger partial charge on any atom is 0.228 e. The highest BCUT2D eigenvalue weighted by Gasteiger charge is 2.11. The van der Waals surface area contributed by atoms with Gasteiger partial charge in [-0.1, -0.05) is 6.07 Å². The number of nitrogen functional groups attached to an aromatic ring is 1. The van der Waals surface area contributed by atoms with Crippen LogP contribution in [0.1, 0.15) is 5.56 Å². The van der Waals surface area contributed by atoms with Crippen LogP contribution in [0.3, 0.4) is 0 Å². The van der Waals surface area contributed by atoms with Crippen LogP contribution < -0.4 is 5.73 Å². The zero-order chi connectivity index (χ0) is 12.7. The van der Waals surface area contributed by atoms with Gasteiger partial charge in [-0.15, -0.1) is 0 Å². The molecule has 3 rings (SSSR count). The fraction of sp³-hybridized carbons (Fsp3) is 0.0714. The molecule has 3 nitrogen and oxygen atoms in total. The van der Waals surface area contributed by atoms with Crippen molar-refractivity contribution in [3.05, 3.63) is 48.1 Å². The Morgan fingerprint density at radius 3 is 2.89 bits per heavy atom. The Bertz CT molecular complexity index is 734. The van der Waals surface area contributed by atoms with Crippen LogP contribution >= 0.6 is 0 Å². The number of hydrogen-bond donors (Lipinski definition) is 1. The van der Waals surface area contributed by atoms with Gasteiger partial charge in [-0.05, 0) is 41.8 Å². The highest BCUT2D eigenvalue weighted by atomic mass is 19.1. The maximum absolute atomic E-state index is 13.3. The van der Waals surface area contributed by atoms with Crippen molar-refractivity contribution in [1.82, 2.24) is 4.98 Å². The normalized spacial score (nSPS) is 11.0. The van der Waals surface area contributed by atoms with Gasteiger partial charge in [-0.3, -0.25) is 0 Å². The van der Waals surface area contributed by atoms with E-state index in [1.165, 1.54) is 12.3 Å². The highest BCUT2D eigenvalue weighted by Crippen LogP contribution is 2.33. The van der Waals surface area contributed by atoms with Crippen molar-refractivity contribution in [2.45, 2.75) is 6.92 Å². The van der Waals surface area contributed by atoms with Gasteiger partial charge in [0.25, 0.3) is 0 Å². The second kappa shape index (κ2) is 3.84. The molecule has 90 valence electrons. The minimum atomic E-state index is -0.218. The fourth-order valence-electron chi connectivity index (χ4n) is 2.04. The van der Waals surface area contributed by atoms with Crippen LogP contribution in [0.4, 0.5) is 10.1 Å². The van der Waals surface area contributed by atoms with Crippen molar-refractivity contribution < 1.29 is 8.81 Å². The monoisotopic (exact) mass is 242 g/mol. The number of aromatic nitrogens is 1. The van der Waals surface area contributed by atoms with Crippen LogP contribution in [-0.2, 0) is 0 Å². The molecule has 0 saturated carbocycles. The van der Waals surface area contributed by atoms with Crippen molar-refractivity contribution in [3.63, 3.8) is 0 Å². The van der Waals surface area contributed by atoms with E-state index in [1.54, 1.807) is 25.3 Å². The number of anilines is 1. The quantitative estimate of drug-likeness (QED) is 0.710. The predicted octanol–water partition coefficient (Wildman–Crippen LogP) is 3.52. The summed E-state index contributed by atoms with van der Waals surface area (Å²) in [5, 5.41) is 0.767. The summed E-state index contributed by atoms with van der Waals surface area (Å²) in [7, 11) is 0. The van der Waals surface area contributed by atoms with Gasteiger partial charge >= 0.3 is 0 Å². The fourth-order valence-corrected chi connectivity index (χ4v) is 2.04. The molecule has 1 aromatic carbocycles. The topological polar surface area (TPSA) is 52.0 Å². The number of pyridine rings is 1. The molecule has 0 amide bonds. The molecule has 2 heterocycles. The molecular formula is C14H11FN2O. The van der Waals surface area contributed by atoms with Crippen LogP contribution in [0.2, 0.25) is 0 Å². The first kappa shape index (κ1) is 10.8. The second-order valence-electron chi connectivity index (χ2n) is 4.19. The van der Waals surface area contributed by atoms with Gasteiger partial charge in [-0.2, -0.15) is 0 Å². The third kappa shape index (κ3) is 1.54. The Morgan fingerprint density at radius 1 is 1.28 bits per heavy atom. The lowest BCUT2D eigenvalue weighted by Crippen LogP contribution is -1.88. The summed E-state index contributed by atoms with van der Waals surface area (Å²) in [5.74, 6) is -0.218. The first-order chi connectivity index (χ1) is 8.66. The second-order valence-corrected chi connectivity index (χ2v) is 4.19. The zero-order valence-electron chi connectivity index (χ0n) is 9.77. The van der Waals surface area contributed by atoms with Gasteiger partial charge in [0.05, 0.1) is 11.1 Å². The van der Waals surface area contributed by atoms with Crippen molar-refractivity contribution >= 4 is 16.8 Å². The molecule has 3 aromatic rings. The number of hydrogen-bond acceptors (Lipinski definition) is 3. The van der Waals surface area contributed by atoms with Crippen molar-refractivity contribution in [2.75, 3.05) is 5.73 Å². The maximum atomic E-state index is 13.3. The number of halogens is 1. The van der Waals surface area contributed by atoms with E-state index in [2.05, 4.69) is 4.98 Å². The number of rotatable bonds is 1. The third-order valence-electron chi connectivity index (χ3n) is 2.97. The molecule has 18 heavy (non-hydrogen) atoms. The smallest absolute Gasteiger partial charge is 0.228 e. The molecule has 0 spiro atoms.